The molecule has 0 spiro atoms. The first-order valence-electron chi connectivity index (χ1n) is 11.1. The van der Waals surface area contributed by atoms with Gasteiger partial charge in [0.2, 0.25) is 5.91 Å². The van der Waals surface area contributed by atoms with Crippen molar-refractivity contribution in [2.24, 2.45) is 4.99 Å². The van der Waals surface area contributed by atoms with E-state index in [1.807, 2.05) is 78.9 Å². The smallest absolute Gasteiger partial charge is 0.269 e. The molecule has 0 bridgehead atoms. The highest BCUT2D eigenvalue weighted by molar-refractivity contribution is 7.99. The van der Waals surface area contributed by atoms with E-state index in [0.717, 1.165) is 32.2 Å². The number of fused-ring (bicyclic) bond motifs is 2. The molecule has 1 heterocycles. The summed E-state index contributed by atoms with van der Waals surface area (Å²) in [4.78, 5) is 32.0. The topological polar surface area (TPSA) is 70.6 Å². The van der Waals surface area contributed by atoms with Crippen molar-refractivity contribution in [1.29, 1.82) is 0 Å². The van der Waals surface area contributed by atoms with Crippen LogP contribution in [0.25, 0.3) is 0 Å². The minimum Gasteiger partial charge on any atom is -0.273 e. The molecule has 4 aromatic carbocycles. The second kappa shape index (κ2) is 10.0. The molecule has 1 aliphatic rings. The third-order valence-electron chi connectivity index (χ3n) is 5.52. The van der Waals surface area contributed by atoms with Crippen LogP contribution in [0, 0.1) is 0 Å². The summed E-state index contributed by atoms with van der Waals surface area (Å²) in [7, 11) is 5.89. The summed E-state index contributed by atoms with van der Waals surface area (Å²) < 4.78 is 0. The normalized spacial score (nSPS) is 11.9. The number of hydrogen-bond donors (Lipinski definition) is 2. The monoisotopic (exact) mass is 473 g/mol. The molecule has 1 aliphatic heterocycles. The first kappa shape index (κ1) is 22.7. The van der Waals surface area contributed by atoms with Gasteiger partial charge in [0.05, 0.1) is 17.8 Å². The summed E-state index contributed by atoms with van der Waals surface area (Å²) in [6, 6.07) is 30.4. The molecule has 5 rings (SSSR count). The Labute approximate surface area is 209 Å². The number of carbonyl (C=O) groups excluding carboxylic acids is 2. The van der Waals surface area contributed by atoms with Crippen LogP contribution in [0.5, 0.6) is 0 Å². The average Bonchev–Trinajstić information content (AvgIpc) is 3.05. The summed E-state index contributed by atoms with van der Waals surface area (Å²) in [5, 5.41) is 0. The van der Waals surface area contributed by atoms with Gasteiger partial charge in [0.1, 0.15) is 7.85 Å². The molecule has 0 atom stereocenters. The molecule has 7 heteroatoms. The molecule has 2 radical (unpaired) electrons. The van der Waals surface area contributed by atoms with Crippen LogP contribution in [-0.4, -0.2) is 25.4 Å². The number of nitrogens with zero attached hydrogens (tertiary/aromatic N) is 1. The summed E-state index contributed by atoms with van der Waals surface area (Å²) >= 11 is 1.60. The third-order valence-corrected chi connectivity index (χ3v) is 6.66. The predicted molar refractivity (Wildman–Crippen MR) is 140 cm³/mol. The van der Waals surface area contributed by atoms with E-state index >= 15 is 0 Å². The molecule has 0 unspecified atom stereocenters. The standard InChI is InChI=1S/C28H20BN3O2S/c29-21-13-10-19(11-14-21)27-22-8-4-5-9-24(22)35-25-15-12-20(17-23(25)30-27)28(34)32-31-26(33)16-18-6-2-1-3-7-18/h1-15,17H,16H2,(H,31,33)(H,32,34). The fraction of sp³-hybridized carbons (Fsp3) is 0.0357. The van der Waals surface area contributed by atoms with Crippen molar-refractivity contribution in [3.05, 3.63) is 119 Å². The van der Waals surface area contributed by atoms with Crippen molar-refractivity contribution >= 4 is 48.3 Å². The minimum atomic E-state index is -0.412. The van der Waals surface area contributed by atoms with Gasteiger partial charge in [-0.15, -0.1) is 0 Å². The molecule has 5 nitrogen and oxygen atoms in total. The summed E-state index contributed by atoms with van der Waals surface area (Å²) in [5.41, 5.74) is 10.4. The van der Waals surface area contributed by atoms with Crippen molar-refractivity contribution in [2.75, 3.05) is 0 Å². The van der Waals surface area contributed by atoms with E-state index in [9.17, 15) is 9.59 Å². The average molecular weight is 473 g/mol. The van der Waals surface area contributed by atoms with Crippen LogP contribution >= 0.6 is 11.8 Å². The number of amides is 2. The number of carbonyl (C=O) groups is 2. The molecule has 0 fully saturated rings. The lowest BCUT2D eigenvalue weighted by Gasteiger charge is -2.09. The van der Waals surface area contributed by atoms with Crippen molar-refractivity contribution in [1.82, 2.24) is 10.9 Å². The number of hydrogen-bond acceptors (Lipinski definition) is 4. The van der Waals surface area contributed by atoms with E-state index in [4.69, 9.17) is 12.8 Å². The van der Waals surface area contributed by atoms with Gasteiger partial charge < -0.3 is 0 Å². The Hall–Kier alpha value is -4.10. The van der Waals surface area contributed by atoms with Crippen LogP contribution in [0.15, 0.2) is 112 Å². The first-order chi connectivity index (χ1) is 17.1. The van der Waals surface area contributed by atoms with Crippen LogP contribution in [-0.2, 0) is 11.2 Å². The highest BCUT2D eigenvalue weighted by Crippen LogP contribution is 2.41. The molecule has 2 amide bonds. The van der Waals surface area contributed by atoms with Crippen LogP contribution < -0.4 is 16.3 Å². The molecule has 168 valence electrons. The summed E-state index contributed by atoms with van der Waals surface area (Å²) in [6.07, 6.45) is 0.176. The fourth-order valence-electron chi connectivity index (χ4n) is 3.77. The van der Waals surface area contributed by atoms with E-state index in [0.29, 0.717) is 16.7 Å². The lowest BCUT2D eigenvalue weighted by Crippen LogP contribution is -2.42. The second-order valence-corrected chi connectivity index (χ2v) is 9.11. The molecular weight excluding hydrogens is 453 g/mol. The van der Waals surface area contributed by atoms with Gasteiger partial charge in [0.15, 0.2) is 0 Å². The number of rotatable bonds is 4. The van der Waals surface area contributed by atoms with Crippen LogP contribution in [0.3, 0.4) is 0 Å². The van der Waals surface area contributed by atoms with Gasteiger partial charge in [-0.05, 0) is 29.8 Å². The quantitative estimate of drug-likeness (QED) is 0.305. The van der Waals surface area contributed by atoms with E-state index in [2.05, 4.69) is 16.9 Å². The lowest BCUT2D eigenvalue weighted by molar-refractivity contribution is -0.121. The number of aliphatic imine (C=N–C) groups is 1. The molecule has 35 heavy (non-hydrogen) atoms. The lowest BCUT2D eigenvalue weighted by atomic mass is 9.93. The van der Waals surface area contributed by atoms with Gasteiger partial charge in [-0.1, -0.05) is 90.0 Å². The second-order valence-electron chi connectivity index (χ2n) is 8.03. The van der Waals surface area contributed by atoms with Gasteiger partial charge in [-0.25, -0.2) is 4.99 Å². The Bertz CT molecular complexity index is 1440. The molecule has 0 saturated heterocycles. The Balaban J connectivity index is 1.40. The minimum absolute atomic E-state index is 0.176. The summed E-state index contributed by atoms with van der Waals surface area (Å²) in [5.74, 6) is -0.709. The van der Waals surface area contributed by atoms with Crippen molar-refractivity contribution in [3.8, 4) is 0 Å². The van der Waals surface area contributed by atoms with Crippen molar-refractivity contribution < 1.29 is 9.59 Å². The molecule has 4 aromatic rings. The van der Waals surface area contributed by atoms with Crippen LogP contribution in [0.1, 0.15) is 27.0 Å². The Morgan fingerprint density at radius 1 is 0.800 bits per heavy atom. The predicted octanol–water partition coefficient (Wildman–Crippen LogP) is 4.12. The van der Waals surface area contributed by atoms with E-state index in [-0.39, 0.29) is 12.3 Å². The number of benzene rings is 4. The number of nitrogens with one attached hydrogen (secondary N) is 2. The number of hydrazine groups is 1. The zero-order valence-electron chi connectivity index (χ0n) is 18.7. The molecule has 0 saturated carbocycles. The molecule has 0 aliphatic carbocycles. The summed E-state index contributed by atoms with van der Waals surface area (Å²) in [6.45, 7) is 0. The maximum absolute atomic E-state index is 12.8. The highest BCUT2D eigenvalue weighted by Gasteiger charge is 2.20. The highest BCUT2D eigenvalue weighted by atomic mass is 32.2. The van der Waals surface area contributed by atoms with Crippen LogP contribution in [0.2, 0.25) is 0 Å². The zero-order chi connectivity index (χ0) is 24.2. The molecule has 0 aromatic heterocycles. The molecular formula is C28H20BN3O2S. The van der Waals surface area contributed by atoms with Crippen molar-refractivity contribution in [3.63, 3.8) is 0 Å². The van der Waals surface area contributed by atoms with E-state index in [1.165, 1.54) is 0 Å². The van der Waals surface area contributed by atoms with Crippen molar-refractivity contribution in [2.45, 2.75) is 16.2 Å². The Kier molecular flexibility index (Phi) is 6.50. The maximum atomic E-state index is 12.8. The molecule has 2 N–H and O–H groups in total. The van der Waals surface area contributed by atoms with Gasteiger partial charge in [0.25, 0.3) is 5.91 Å². The van der Waals surface area contributed by atoms with E-state index in [1.54, 1.807) is 23.9 Å². The maximum Gasteiger partial charge on any atom is 0.269 e. The van der Waals surface area contributed by atoms with Gasteiger partial charge in [0, 0.05) is 26.5 Å². The third kappa shape index (κ3) is 5.20. The fourth-order valence-corrected chi connectivity index (χ4v) is 4.77. The van der Waals surface area contributed by atoms with Gasteiger partial charge in [-0.2, -0.15) is 0 Å². The van der Waals surface area contributed by atoms with E-state index < -0.39 is 5.91 Å². The van der Waals surface area contributed by atoms with Crippen LogP contribution in [0.4, 0.5) is 5.69 Å². The Morgan fingerprint density at radius 3 is 2.34 bits per heavy atom. The Morgan fingerprint density at radius 2 is 1.54 bits per heavy atom. The zero-order valence-corrected chi connectivity index (χ0v) is 19.5. The van der Waals surface area contributed by atoms with Gasteiger partial charge >= 0.3 is 0 Å². The first-order valence-corrected chi connectivity index (χ1v) is 11.9. The van der Waals surface area contributed by atoms with Gasteiger partial charge in [-0.3, -0.25) is 20.4 Å². The SMILES string of the molecule is [B]c1ccc(C2=Nc3cc(C(=O)NNC(=O)Cc4ccccc4)ccc3Sc3ccccc32)cc1. The largest absolute Gasteiger partial charge is 0.273 e.